The van der Waals surface area contributed by atoms with Crippen molar-refractivity contribution in [2.75, 3.05) is 12.9 Å². The molecule has 0 aliphatic heterocycles. The second kappa shape index (κ2) is 14.5. The number of hydrogen-bond acceptors (Lipinski definition) is 1. The zero-order valence-electron chi connectivity index (χ0n) is 20.5. The van der Waals surface area contributed by atoms with Gasteiger partial charge in [-0.05, 0) is 5.56 Å². The average Bonchev–Trinajstić information content (AvgIpc) is 2.92. The molecule has 0 atom stereocenters. The van der Waals surface area contributed by atoms with E-state index < -0.39 is 6.15 Å². The van der Waals surface area contributed by atoms with E-state index in [1.807, 2.05) is 12.3 Å². The summed E-state index contributed by atoms with van der Waals surface area (Å²) < 4.78 is 5.21. The maximum absolute atomic E-state index is 5.21. The van der Waals surface area contributed by atoms with Crippen LogP contribution in [0.4, 0.5) is 0 Å². The third-order valence-corrected chi connectivity index (χ3v) is 6.99. The minimum absolute atomic E-state index is 0.821. The highest BCUT2D eigenvalue weighted by atomic mass is 32.2. The van der Waals surface area contributed by atoms with Gasteiger partial charge in [0.05, 0.1) is 6.15 Å². The second-order valence-electron chi connectivity index (χ2n) is 8.67. The summed E-state index contributed by atoms with van der Waals surface area (Å²) in [4.78, 5) is 0. The Morgan fingerprint density at radius 1 is 0.618 bits per heavy atom. The summed E-state index contributed by atoms with van der Waals surface area (Å²) in [5, 5.41) is 0. The molecule has 4 aromatic carbocycles. The van der Waals surface area contributed by atoms with Crippen LogP contribution in [0.2, 0.25) is 6.32 Å². The lowest BCUT2D eigenvalue weighted by molar-refractivity contribution is 0.377. The van der Waals surface area contributed by atoms with E-state index in [9.17, 15) is 0 Å². The molecule has 176 valence electrons. The van der Waals surface area contributed by atoms with Crippen LogP contribution in [-0.4, -0.2) is 19.0 Å². The van der Waals surface area contributed by atoms with Crippen LogP contribution in [0.1, 0.15) is 25.3 Å². The fourth-order valence-electron chi connectivity index (χ4n) is 4.83. The Labute approximate surface area is 210 Å². The number of rotatable bonds is 10. The summed E-state index contributed by atoms with van der Waals surface area (Å²) in [5.74, 6) is 0. The summed E-state index contributed by atoms with van der Waals surface area (Å²) in [6, 6.07) is 43.5. The highest BCUT2D eigenvalue weighted by molar-refractivity contribution is 7.72. The fraction of sp³-hybridized carbons (Fsp3) is 0.226. The van der Waals surface area contributed by atoms with Gasteiger partial charge in [-0.25, -0.2) is 0 Å². The zero-order valence-corrected chi connectivity index (χ0v) is 21.4. The van der Waals surface area contributed by atoms with Crippen LogP contribution in [0, 0.1) is 0 Å². The fourth-order valence-corrected chi connectivity index (χ4v) is 5.11. The first-order valence-electron chi connectivity index (χ1n) is 12.4. The molecule has 0 heterocycles. The Hall–Kier alpha value is -2.75. The first-order chi connectivity index (χ1) is 16.8. The van der Waals surface area contributed by atoms with Gasteiger partial charge in [0.1, 0.15) is 24.9 Å². The minimum atomic E-state index is -0.913. The number of unbranched alkanes of at least 4 members (excludes halogenated alkanes) is 1. The molecule has 0 N–H and O–H groups in total. The quantitative estimate of drug-likeness (QED) is 0.128. The molecular weight excluding hydrogens is 431 g/mol. The van der Waals surface area contributed by atoms with Gasteiger partial charge < -0.3 is 0 Å². The normalized spacial score (nSPS) is 10.9. The zero-order chi connectivity index (χ0) is 23.9. The van der Waals surface area contributed by atoms with Gasteiger partial charge in [0.25, 0.3) is 0 Å². The van der Waals surface area contributed by atoms with Gasteiger partial charge in [-0.15, -0.1) is 0 Å². The van der Waals surface area contributed by atoms with Gasteiger partial charge in [-0.2, -0.15) is 26.9 Å². The van der Waals surface area contributed by atoms with Crippen LogP contribution in [0.5, 0.6) is 0 Å². The largest absolute Gasteiger partial charge is 0.200 e. The lowest BCUT2D eigenvalue weighted by Gasteiger charge is -2.43. The van der Waals surface area contributed by atoms with Crippen molar-refractivity contribution in [3.63, 3.8) is 0 Å². The van der Waals surface area contributed by atoms with Crippen molar-refractivity contribution in [3.05, 3.63) is 127 Å². The molecule has 0 fully saturated rings. The molecule has 4 aromatic rings. The minimum Gasteiger partial charge on any atom is -0.200 e. The van der Waals surface area contributed by atoms with Crippen molar-refractivity contribution in [2.24, 2.45) is 0 Å². The highest BCUT2D eigenvalue weighted by Crippen LogP contribution is 2.16. The Balaban J connectivity index is 0.000000248. The van der Waals surface area contributed by atoms with Crippen molar-refractivity contribution < 1.29 is 4.18 Å². The molecule has 0 spiro atoms. The van der Waals surface area contributed by atoms with Gasteiger partial charge in [0.2, 0.25) is 0 Å². The van der Waals surface area contributed by atoms with Crippen molar-refractivity contribution in [1.82, 2.24) is 0 Å². The van der Waals surface area contributed by atoms with E-state index in [-0.39, 0.29) is 0 Å². The summed E-state index contributed by atoms with van der Waals surface area (Å²) in [5.41, 5.74) is 5.67. The molecule has 0 radical (unpaired) electrons. The maximum Gasteiger partial charge on any atom is 0.129 e. The standard InChI is InChI=1S/C22H24B.C9H12OS/c1-2-3-19-23(20-13-7-4-8-14-20,21-15-9-5-10-16-21)22-17-11-6-12-18-22;1-11-10-8-7-9-5-3-2-4-6-9/h4-18H,2-3,19H2,1H3;2-6H,7-8H2,1H3/q-1;/p+1. The van der Waals surface area contributed by atoms with E-state index in [2.05, 4.69) is 122 Å². The van der Waals surface area contributed by atoms with Crippen LogP contribution in [-0.2, 0) is 22.6 Å². The summed E-state index contributed by atoms with van der Waals surface area (Å²) >= 11 is 1.02. The predicted molar refractivity (Wildman–Crippen MR) is 154 cm³/mol. The van der Waals surface area contributed by atoms with Crippen molar-refractivity contribution in [3.8, 4) is 0 Å². The molecule has 0 saturated heterocycles. The summed E-state index contributed by atoms with van der Waals surface area (Å²) in [7, 11) is 0. The Morgan fingerprint density at radius 2 is 1.03 bits per heavy atom. The van der Waals surface area contributed by atoms with Gasteiger partial charge >= 0.3 is 0 Å². The van der Waals surface area contributed by atoms with Gasteiger partial charge in [-0.1, -0.05) is 141 Å². The first kappa shape index (κ1) is 25.9. The molecule has 3 heteroatoms. The van der Waals surface area contributed by atoms with Crippen molar-refractivity contribution in [1.29, 1.82) is 0 Å². The molecule has 0 aromatic heterocycles. The van der Waals surface area contributed by atoms with Crippen molar-refractivity contribution in [2.45, 2.75) is 32.5 Å². The van der Waals surface area contributed by atoms with E-state index in [0.717, 1.165) is 25.1 Å². The Morgan fingerprint density at radius 3 is 1.41 bits per heavy atom. The monoisotopic (exact) mass is 468 g/mol. The van der Waals surface area contributed by atoms with E-state index >= 15 is 0 Å². The molecule has 34 heavy (non-hydrogen) atoms. The Kier molecular flexibility index (Phi) is 11.0. The van der Waals surface area contributed by atoms with Crippen LogP contribution in [0.15, 0.2) is 121 Å². The molecule has 0 aliphatic rings. The van der Waals surface area contributed by atoms with Crippen molar-refractivity contribution >= 4 is 34.6 Å². The predicted octanol–water partition coefficient (Wildman–Crippen LogP) is 5.56. The van der Waals surface area contributed by atoms with Gasteiger partial charge in [0, 0.05) is 6.42 Å². The molecule has 0 saturated carbocycles. The summed E-state index contributed by atoms with van der Waals surface area (Å²) in [6.45, 7) is 3.10. The van der Waals surface area contributed by atoms with E-state index in [1.54, 1.807) is 0 Å². The maximum atomic E-state index is 5.21. The highest BCUT2D eigenvalue weighted by Gasteiger charge is 2.28. The first-order valence-corrected chi connectivity index (χ1v) is 13.7. The Bertz CT molecular complexity index is 943. The van der Waals surface area contributed by atoms with Crippen LogP contribution in [0.3, 0.4) is 0 Å². The van der Waals surface area contributed by atoms with E-state index in [4.69, 9.17) is 4.18 Å². The molecule has 4 rings (SSSR count). The number of thiol groups is 1. The van der Waals surface area contributed by atoms with E-state index in [1.165, 1.54) is 41.1 Å². The summed E-state index contributed by atoms with van der Waals surface area (Å²) in [6.07, 6.45) is 5.74. The molecule has 0 unspecified atom stereocenters. The number of benzene rings is 4. The topological polar surface area (TPSA) is 9.23 Å². The van der Waals surface area contributed by atoms with Crippen LogP contribution < -0.4 is 16.4 Å². The third kappa shape index (κ3) is 7.12. The molecular formula is C31H37BOS. The molecule has 1 nitrogen and oxygen atoms in total. The molecule has 0 amide bonds. The van der Waals surface area contributed by atoms with Crippen LogP contribution >= 0.6 is 0 Å². The molecule has 0 bridgehead atoms. The SMILES string of the molecule is CCCC[B-](c1ccccc1)(c1ccccc1)c1ccccc1.C[SH+]OCCc1ccccc1. The smallest absolute Gasteiger partial charge is 0.129 e. The third-order valence-electron chi connectivity index (χ3n) is 6.55. The van der Waals surface area contributed by atoms with E-state index in [0.29, 0.717) is 0 Å². The number of hydrogen-bond donors (Lipinski definition) is 0. The average molecular weight is 469 g/mol. The van der Waals surface area contributed by atoms with Gasteiger partial charge in [0.15, 0.2) is 0 Å². The lowest BCUT2D eigenvalue weighted by atomic mass is 9.14. The van der Waals surface area contributed by atoms with Crippen LogP contribution in [0.25, 0.3) is 0 Å². The molecule has 0 aliphatic carbocycles. The lowest BCUT2D eigenvalue weighted by Crippen LogP contribution is -2.66. The second-order valence-corrected chi connectivity index (χ2v) is 9.29. The van der Waals surface area contributed by atoms with Gasteiger partial charge in [-0.3, -0.25) is 0 Å².